The number of hydrogen-bond acceptors (Lipinski definition) is 0. The molecule has 0 nitrogen and oxygen atoms in total. The van der Waals surface area contributed by atoms with E-state index in [4.69, 9.17) is 0 Å². The summed E-state index contributed by atoms with van der Waals surface area (Å²) in [6.45, 7) is 0. The molecule has 0 heterocycles. The molecule has 0 aliphatic carbocycles. The van der Waals surface area contributed by atoms with Crippen LogP contribution in [0, 0.1) is 0 Å². The van der Waals surface area contributed by atoms with Gasteiger partial charge in [-0.05, 0) is 40.8 Å². The van der Waals surface area contributed by atoms with Crippen LogP contribution in [0.25, 0.3) is 11.1 Å². The summed E-state index contributed by atoms with van der Waals surface area (Å²) < 4.78 is 1.11. The monoisotopic (exact) mass is 322 g/mol. The quantitative estimate of drug-likeness (QED) is 0.579. The highest BCUT2D eigenvalue weighted by atomic mass is 79.9. The third kappa shape index (κ3) is 3.00. The molecule has 20 heavy (non-hydrogen) atoms. The minimum atomic E-state index is 0.965. The van der Waals surface area contributed by atoms with E-state index >= 15 is 0 Å². The third-order valence-electron chi connectivity index (χ3n) is 3.41. The molecular formula is C19H15Br. The minimum absolute atomic E-state index is 0.965. The van der Waals surface area contributed by atoms with Gasteiger partial charge in [0, 0.05) is 4.47 Å². The summed E-state index contributed by atoms with van der Waals surface area (Å²) in [5.41, 5.74) is 5.28. The number of rotatable bonds is 3. The van der Waals surface area contributed by atoms with Crippen LogP contribution in [0.2, 0.25) is 0 Å². The van der Waals surface area contributed by atoms with Gasteiger partial charge in [0.15, 0.2) is 0 Å². The maximum atomic E-state index is 3.49. The van der Waals surface area contributed by atoms with Gasteiger partial charge in [0.1, 0.15) is 0 Å². The SMILES string of the molecule is Brc1ccc(-c2ccccc2Cc2ccccc2)cc1. The highest BCUT2D eigenvalue weighted by Gasteiger charge is 2.05. The van der Waals surface area contributed by atoms with Gasteiger partial charge in [0.05, 0.1) is 0 Å². The fourth-order valence-corrected chi connectivity index (χ4v) is 2.67. The zero-order valence-electron chi connectivity index (χ0n) is 11.1. The zero-order valence-corrected chi connectivity index (χ0v) is 12.7. The Bertz CT molecular complexity index is 684. The van der Waals surface area contributed by atoms with Crippen molar-refractivity contribution in [3.8, 4) is 11.1 Å². The van der Waals surface area contributed by atoms with Gasteiger partial charge in [-0.15, -0.1) is 0 Å². The van der Waals surface area contributed by atoms with Crippen molar-refractivity contribution in [2.75, 3.05) is 0 Å². The number of benzene rings is 3. The van der Waals surface area contributed by atoms with Crippen LogP contribution in [0.15, 0.2) is 83.3 Å². The minimum Gasteiger partial charge on any atom is -0.0622 e. The second kappa shape index (κ2) is 6.06. The lowest BCUT2D eigenvalue weighted by Crippen LogP contribution is -1.91. The molecule has 0 N–H and O–H groups in total. The molecule has 0 amide bonds. The first-order valence-corrected chi connectivity index (χ1v) is 7.50. The first-order valence-electron chi connectivity index (χ1n) is 6.71. The molecule has 0 aliphatic rings. The van der Waals surface area contributed by atoms with Crippen LogP contribution < -0.4 is 0 Å². The van der Waals surface area contributed by atoms with Crippen molar-refractivity contribution in [3.63, 3.8) is 0 Å². The molecule has 0 aromatic heterocycles. The van der Waals surface area contributed by atoms with Crippen LogP contribution in [0.3, 0.4) is 0 Å². The van der Waals surface area contributed by atoms with Crippen LogP contribution in [-0.4, -0.2) is 0 Å². The molecule has 1 heteroatoms. The van der Waals surface area contributed by atoms with E-state index in [1.54, 1.807) is 0 Å². The highest BCUT2D eigenvalue weighted by molar-refractivity contribution is 9.10. The zero-order chi connectivity index (χ0) is 13.8. The van der Waals surface area contributed by atoms with Gasteiger partial charge in [0.2, 0.25) is 0 Å². The normalized spacial score (nSPS) is 10.4. The van der Waals surface area contributed by atoms with Gasteiger partial charge < -0.3 is 0 Å². The summed E-state index contributed by atoms with van der Waals surface area (Å²) in [5.74, 6) is 0. The molecule has 98 valence electrons. The lowest BCUT2D eigenvalue weighted by atomic mass is 9.95. The topological polar surface area (TPSA) is 0 Å². The Labute approximate surface area is 128 Å². The molecule has 3 rings (SSSR count). The van der Waals surface area contributed by atoms with E-state index in [-0.39, 0.29) is 0 Å². The van der Waals surface area contributed by atoms with E-state index in [9.17, 15) is 0 Å². The predicted octanol–water partition coefficient (Wildman–Crippen LogP) is 5.71. The predicted molar refractivity (Wildman–Crippen MR) is 88.8 cm³/mol. The van der Waals surface area contributed by atoms with Crippen LogP contribution in [-0.2, 0) is 6.42 Å². The molecule has 0 aliphatic heterocycles. The van der Waals surface area contributed by atoms with Crippen molar-refractivity contribution in [1.29, 1.82) is 0 Å². The Morgan fingerprint density at radius 2 is 1.30 bits per heavy atom. The second-order valence-corrected chi connectivity index (χ2v) is 5.74. The van der Waals surface area contributed by atoms with Crippen LogP contribution in [0.4, 0.5) is 0 Å². The van der Waals surface area contributed by atoms with E-state index in [1.807, 2.05) is 0 Å². The van der Waals surface area contributed by atoms with Crippen molar-refractivity contribution in [3.05, 3.63) is 94.5 Å². The maximum absolute atomic E-state index is 3.49. The lowest BCUT2D eigenvalue weighted by Gasteiger charge is -2.10. The molecule has 0 spiro atoms. The van der Waals surface area contributed by atoms with Gasteiger partial charge in [-0.3, -0.25) is 0 Å². The van der Waals surface area contributed by atoms with Gasteiger partial charge >= 0.3 is 0 Å². The lowest BCUT2D eigenvalue weighted by molar-refractivity contribution is 1.19. The molecule has 0 saturated carbocycles. The fraction of sp³-hybridized carbons (Fsp3) is 0.0526. The van der Waals surface area contributed by atoms with E-state index in [2.05, 4.69) is 94.8 Å². The highest BCUT2D eigenvalue weighted by Crippen LogP contribution is 2.26. The Balaban J connectivity index is 1.98. The first-order chi connectivity index (χ1) is 9.83. The molecular weight excluding hydrogens is 308 g/mol. The maximum Gasteiger partial charge on any atom is 0.0175 e. The van der Waals surface area contributed by atoms with Crippen molar-refractivity contribution in [1.82, 2.24) is 0 Å². The second-order valence-electron chi connectivity index (χ2n) is 4.83. The Kier molecular flexibility index (Phi) is 3.98. The fourth-order valence-electron chi connectivity index (χ4n) is 2.40. The van der Waals surface area contributed by atoms with Gasteiger partial charge in [-0.1, -0.05) is 82.7 Å². The van der Waals surface area contributed by atoms with Gasteiger partial charge in [-0.2, -0.15) is 0 Å². The van der Waals surface area contributed by atoms with Gasteiger partial charge in [0.25, 0.3) is 0 Å². The van der Waals surface area contributed by atoms with Gasteiger partial charge in [-0.25, -0.2) is 0 Å². The van der Waals surface area contributed by atoms with Crippen LogP contribution in [0.1, 0.15) is 11.1 Å². The average molecular weight is 323 g/mol. The van der Waals surface area contributed by atoms with Crippen LogP contribution >= 0.6 is 15.9 Å². The first kappa shape index (κ1) is 13.1. The Morgan fingerprint density at radius 3 is 2.05 bits per heavy atom. The standard InChI is InChI=1S/C19H15Br/c20-18-12-10-16(11-13-18)19-9-5-4-8-17(19)14-15-6-2-1-3-7-15/h1-13H,14H2. The molecule has 0 atom stereocenters. The molecule has 0 bridgehead atoms. The largest absolute Gasteiger partial charge is 0.0622 e. The summed E-state index contributed by atoms with van der Waals surface area (Å²) in [5, 5.41) is 0. The molecule has 0 saturated heterocycles. The van der Waals surface area contributed by atoms with E-state index in [0.29, 0.717) is 0 Å². The van der Waals surface area contributed by atoms with Crippen molar-refractivity contribution in [2.24, 2.45) is 0 Å². The third-order valence-corrected chi connectivity index (χ3v) is 3.94. The molecule has 0 radical (unpaired) electrons. The molecule has 0 fully saturated rings. The molecule has 0 unspecified atom stereocenters. The van der Waals surface area contributed by atoms with Crippen LogP contribution in [0.5, 0.6) is 0 Å². The Hall–Kier alpha value is -1.86. The van der Waals surface area contributed by atoms with Crippen molar-refractivity contribution in [2.45, 2.75) is 6.42 Å². The van der Waals surface area contributed by atoms with E-state index < -0.39 is 0 Å². The summed E-state index contributed by atoms with van der Waals surface area (Å²) in [7, 11) is 0. The summed E-state index contributed by atoms with van der Waals surface area (Å²) >= 11 is 3.49. The smallest absolute Gasteiger partial charge is 0.0175 e. The summed E-state index contributed by atoms with van der Waals surface area (Å²) in [4.78, 5) is 0. The number of hydrogen-bond donors (Lipinski definition) is 0. The molecule has 3 aromatic carbocycles. The van der Waals surface area contributed by atoms with Crippen molar-refractivity contribution >= 4 is 15.9 Å². The van der Waals surface area contributed by atoms with E-state index in [0.717, 1.165) is 10.9 Å². The number of halogens is 1. The Morgan fingerprint density at radius 1 is 0.650 bits per heavy atom. The summed E-state index contributed by atoms with van der Waals surface area (Å²) in [6, 6.07) is 27.7. The average Bonchev–Trinajstić information content (AvgIpc) is 2.50. The molecule has 3 aromatic rings. The van der Waals surface area contributed by atoms with E-state index in [1.165, 1.54) is 22.3 Å². The summed E-state index contributed by atoms with van der Waals surface area (Å²) in [6.07, 6.45) is 0.965. The van der Waals surface area contributed by atoms with Crippen molar-refractivity contribution < 1.29 is 0 Å².